The summed E-state index contributed by atoms with van der Waals surface area (Å²) in [4.78, 5) is 27.8. The minimum Gasteiger partial charge on any atom is -0.341 e. The van der Waals surface area contributed by atoms with Gasteiger partial charge in [0.2, 0.25) is 11.8 Å². The van der Waals surface area contributed by atoms with Crippen molar-refractivity contribution in [3.05, 3.63) is 0 Å². The fourth-order valence-corrected chi connectivity index (χ4v) is 3.70. The Kier molecular flexibility index (Phi) is 4.50. The Labute approximate surface area is 112 Å². The summed E-state index contributed by atoms with van der Waals surface area (Å²) in [6.45, 7) is 4.02. The highest BCUT2D eigenvalue weighted by atomic mass is 32.2. The predicted octanol–water partition coefficient (Wildman–Crippen LogP) is 0.105. The van der Waals surface area contributed by atoms with Crippen LogP contribution in [-0.2, 0) is 9.59 Å². The number of carbonyl (C=O) groups excluding carboxylic acids is 2. The molecular formula is C12H21N3O2S. The topological polar surface area (TPSA) is 66.6 Å². The minimum absolute atomic E-state index is 0.0768. The van der Waals surface area contributed by atoms with Gasteiger partial charge in [-0.15, -0.1) is 11.8 Å². The molecule has 2 aliphatic rings. The molecule has 0 aromatic heterocycles. The highest BCUT2D eigenvalue weighted by Crippen LogP contribution is 2.25. The number of amides is 2. The van der Waals surface area contributed by atoms with E-state index in [1.807, 2.05) is 11.8 Å². The summed E-state index contributed by atoms with van der Waals surface area (Å²) in [5.74, 6) is 2.00. The maximum Gasteiger partial charge on any atom is 0.246 e. The van der Waals surface area contributed by atoms with Crippen molar-refractivity contribution in [3.8, 4) is 0 Å². The van der Waals surface area contributed by atoms with E-state index in [2.05, 4.69) is 0 Å². The first-order chi connectivity index (χ1) is 8.67. The number of likely N-dealkylation sites (tertiary alicyclic amines) is 1. The Morgan fingerprint density at radius 2 is 2.22 bits per heavy atom. The van der Waals surface area contributed by atoms with E-state index < -0.39 is 0 Å². The Morgan fingerprint density at radius 3 is 2.83 bits per heavy atom. The third kappa shape index (κ3) is 2.64. The van der Waals surface area contributed by atoms with Crippen LogP contribution in [0.25, 0.3) is 0 Å². The zero-order valence-corrected chi connectivity index (χ0v) is 11.6. The van der Waals surface area contributed by atoms with E-state index in [1.165, 1.54) is 0 Å². The number of nitrogens with zero attached hydrogens (tertiary/aromatic N) is 2. The Hall–Kier alpha value is -0.750. The fourth-order valence-electron chi connectivity index (χ4n) is 2.53. The second-order valence-corrected chi connectivity index (χ2v) is 5.91. The van der Waals surface area contributed by atoms with Crippen LogP contribution in [0.2, 0.25) is 0 Å². The second-order valence-electron chi connectivity index (χ2n) is 4.91. The number of nitrogens with two attached hydrogens (primary N) is 1. The molecule has 2 fully saturated rings. The van der Waals surface area contributed by atoms with Crippen LogP contribution in [0.15, 0.2) is 0 Å². The number of hydrogen-bond acceptors (Lipinski definition) is 4. The molecule has 0 radical (unpaired) electrons. The highest BCUT2D eigenvalue weighted by molar-refractivity contribution is 7.99. The highest BCUT2D eigenvalue weighted by Gasteiger charge is 2.38. The average molecular weight is 271 g/mol. The standard InChI is InChI=1S/C12H21N3O2S/c1-2-11(16)15-8-18-7-10(15)12(17)14-4-3-9(5-13)6-14/h9-10H,2-8,13H2,1H3. The van der Waals surface area contributed by atoms with Gasteiger partial charge < -0.3 is 15.5 Å². The summed E-state index contributed by atoms with van der Waals surface area (Å²) in [6, 6.07) is -0.251. The van der Waals surface area contributed by atoms with Crippen molar-refractivity contribution in [1.29, 1.82) is 0 Å². The summed E-state index contributed by atoms with van der Waals surface area (Å²) in [5.41, 5.74) is 5.64. The molecule has 0 bridgehead atoms. The van der Waals surface area contributed by atoms with E-state index in [4.69, 9.17) is 5.73 Å². The largest absolute Gasteiger partial charge is 0.341 e. The Morgan fingerprint density at radius 1 is 1.44 bits per heavy atom. The zero-order chi connectivity index (χ0) is 13.1. The first-order valence-electron chi connectivity index (χ1n) is 6.53. The van der Waals surface area contributed by atoms with Gasteiger partial charge >= 0.3 is 0 Å². The minimum atomic E-state index is -0.251. The van der Waals surface area contributed by atoms with Crippen molar-refractivity contribution < 1.29 is 9.59 Å². The smallest absolute Gasteiger partial charge is 0.246 e. The lowest BCUT2D eigenvalue weighted by molar-refractivity contribution is -0.142. The second kappa shape index (κ2) is 5.93. The van der Waals surface area contributed by atoms with Gasteiger partial charge in [-0.25, -0.2) is 0 Å². The van der Waals surface area contributed by atoms with Crippen molar-refractivity contribution >= 4 is 23.6 Å². The van der Waals surface area contributed by atoms with Crippen LogP contribution in [0.4, 0.5) is 0 Å². The summed E-state index contributed by atoms with van der Waals surface area (Å²) < 4.78 is 0. The molecule has 6 heteroatoms. The van der Waals surface area contributed by atoms with Crippen molar-refractivity contribution in [3.63, 3.8) is 0 Å². The molecular weight excluding hydrogens is 250 g/mol. The number of rotatable bonds is 3. The zero-order valence-electron chi connectivity index (χ0n) is 10.8. The van der Waals surface area contributed by atoms with Gasteiger partial charge in [-0.3, -0.25) is 9.59 Å². The molecule has 0 aliphatic carbocycles. The van der Waals surface area contributed by atoms with E-state index in [-0.39, 0.29) is 17.9 Å². The first-order valence-corrected chi connectivity index (χ1v) is 7.68. The lowest BCUT2D eigenvalue weighted by atomic mass is 10.1. The monoisotopic (exact) mass is 271 g/mol. The van der Waals surface area contributed by atoms with Gasteiger partial charge in [0.25, 0.3) is 0 Å². The molecule has 18 heavy (non-hydrogen) atoms. The van der Waals surface area contributed by atoms with Crippen LogP contribution in [0, 0.1) is 5.92 Å². The van der Waals surface area contributed by atoms with Crippen LogP contribution in [0.1, 0.15) is 19.8 Å². The molecule has 2 aliphatic heterocycles. The third-order valence-electron chi connectivity index (χ3n) is 3.72. The molecule has 0 aromatic carbocycles. The predicted molar refractivity (Wildman–Crippen MR) is 72.0 cm³/mol. The van der Waals surface area contributed by atoms with E-state index in [0.717, 1.165) is 25.3 Å². The molecule has 2 unspecified atom stereocenters. The van der Waals surface area contributed by atoms with E-state index >= 15 is 0 Å². The van der Waals surface area contributed by atoms with Crippen LogP contribution >= 0.6 is 11.8 Å². The molecule has 2 atom stereocenters. The molecule has 0 saturated carbocycles. The van der Waals surface area contributed by atoms with Gasteiger partial charge in [0.15, 0.2) is 0 Å². The van der Waals surface area contributed by atoms with Crippen LogP contribution in [0.5, 0.6) is 0 Å². The van der Waals surface area contributed by atoms with Crippen molar-refractivity contribution in [2.24, 2.45) is 11.7 Å². The summed E-state index contributed by atoms with van der Waals surface area (Å²) in [5, 5.41) is 0. The molecule has 5 nitrogen and oxygen atoms in total. The molecule has 2 N–H and O–H groups in total. The Bertz CT molecular complexity index is 337. The maximum atomic E-state index is 12.4. The molecule has 2 heterocycles. The van der Waals surface area contributed by atoms with E-state index in [9.17, 15) is 9.59 Å². The molecule has 2 amide bonds. The van der Waals surface area contributed by atoms with Crippen molar-refractivity contribution in [1.82, 2.24) is 9.80 Å². The van der Waals surface area contributed by atoms with Gasteiger partial charge in [-0.1, -0.05) is 6.92 Å². The summed E-state index contributed by atoms with van der Waals surface area (Å²) >= 11 is 1.66. The van der Waals surface area contributed by atoms with E-state index in [0.29, 0.717) is 24.8 Å². The van der Waals surface area contributed by atoms with Gasteiger partial charge in [0.1, 0.15) is 6.04 Å². The molecule has 2 saturated heterocycles. The first kappa shape index (κ1) is 13.7. The molecule has 0 aromatic rings. The SMILES string of the molecule is CCC(=O)N1CSCC1C(=O)N1CCC(CN)C1. The molecule has 102 valence electrons. The lowest BCUT2D eigenvalue weighted by Crippen LogP contribution is -2.48. The quantitative estimate of drug-likeness (QED) is 0.791. The molecule has 0 spiro atoms. The van der Waals surface area contributed by atoms with Crippen molar-refractivity contribution in [2.75, 3.05) is 31.3 Å². The average Bonchev–Trinajstić information content (AvgIpc) is 3.05. The van der Waals surface area contributed by atoms with Gasteiger partial charge in [-0.2, -0.15) is 0 Å². The normalized spacial score (nSPS) is 27.9. The van der Waals surface area contributed by atoms with Crippen LogP contribution in [0.3, 0.4) is 0 Å². The van der Waals surface area contributed by atoms with Gasteiger partial charge in [0, 0.05) is 25.3 Å². The Balaban J connectivity index is 1.98. The maximum absolute atomic E-state index is 12.4. The fraction of sp³-hybridized carbons (Fsp3) is 0.833. The third-order valence-corrected chi connectivity index (χ3v) is 4.73. The summed E-state index contributed by atoms with van der Waals surface area (Å²) in [6.07, 6.45) is 1.46. The lowest BCUT2D eigenvalue weighted by Gasteiger charge is -2.27. The van der Waals surface area contributed by atoms with Gasteiger partial charge in [-0.05, 0) is 18.9 Å². The van der Waals surface area contributed by atoms with Crippen LogP contribution < -0.4 is 5.73 Å². The van der Waals surface area contributed by atoms with Crippen molar-refractivity contribution in [2.45, 2.75) is 25.8 Å². The van der Waals surface area contributed by atoms with E-state index in [1.54, 1.807) is 16.7 Å². The van der Waals surface area contributed by atoms with Crippen LogP contribution in [-0.4, -0.2) is 58.9 Å². The number of hydrogen-bond donors (Lipinski definition) is 1. The molecule has 2 rings (SSSR count). The van der Waals surface area contributed by atoms with Gasteiger partial charge in [0.05, 0.1) is 5.88 Å². The number of carbonyl (C=O) groups is 2. The summed E-state index contributed by atoms with van der Waals surface area (Å²) in [7, 11) is 0. The number of thioether (sulfide) groups is 1.